The van der Waals surface area contributed by atoms with Crippen molar-refractivity contribution < 1.29 is 126 Å². The van der Waals surface area contributed by atoms with Crippen LogP contribution in [0, 0.1) is 0 Å². The average molecular weight is 509 g/mol. The van der Waals surface area contributed by atoms with Gasteiger partial charge in [0.1, 0.15) is 0 Å². The van der Waals surface area contributed by atoms with Crippen LogP contribution < -0.4 is 56.6 Å². The second-order valence-electron chi connectivity index (χ2n) is 3.52. The minimum atomic E-state index is -7.42. The van der Waals surface area contributed by atoms with E-state index in [4.69, 9.17) is 0 Å². The van der Waals surface area contributed by atoms with Crippen LogP contribution in [0.5, 0.6) is 0 Å². The van der Waals surface area contributed by atoms with Gasteiger partial charge in [0.2, 0.25) is 0 Å². The van der Waals surface area contributed by atoms with Crippen LogP contribution in [0.2, 0.25) is 0 Å². The molecule has 0 radical (unpaired) electrons. The summed E-state index contributed by atoms with van der Waals surface area (Å²) in [5.41, 5.74) is -19.9. The van der Waals surface area contributed by atoms with Gasteiger partial charge in [-0.3, -0.25) is 0 Å². The van der Waals surface area contributed by atoms with Gasteiger partial charge in [0, 0.05) is 0 Å². The number of sulfonamides is 3. The molecule has 0 aromatic heterocycles. The molecule has 0 bridgehead atoms. The molecule has 0 N–H and O–H groups in total. The zero-order valence-electron chi connectivity index (χ0n) is 13.8. The average Bonchev–Trinajstić information content (AvgIpc) is 2.19. The van der Waals surface area contributed by atoms with Gasteiger partial charge >= 0.3 is 73.1 Å². The van der Waals surface area contributed by atoms with E-state index < -0.39 is 54.2 Å². The molecule has 0 fully saturated rings. The first-order chi connectivity index (χ1) is 10.9. The fourth-order valence-electron chi connectivity index (χ4n) is 0.604. The standard InChI is InChI=1S/C3F9N3O7PS3.3Li/c4-1(5,6)24(17,18)13-23(16,14-25(19,20)2(7,8)9)15-26(21,22)3(10,11)12;;;/q-3;3*+1. The number of hydrogen-bond donors (Lipinski definition) is 0. The van der Waals surface area contributed by atoms with E-state index in [-0.39, 0.29) is 56.6 Å². The Labute approximate surface area is 192 Å². The number of hydrogen-bond acceptors (Lipinski definition) is 7. The van der Waals surface area contributed by atoms with Crippen molar-refractivity contribution >= 4 is 37.7 Å². The van der Waals surface area contributed by atoms with Gasteiger partial charge in [-0.1, -0.05) is 0 Å². The van der Waals surface area contributed by atoms with E-state index in [1.807, 2.05) is 0 Å². The molecule has 0 atom stereocenters. The van der Waals surface area contributed by atoms with E-state index in [1.54, 1.807) is 0 Å². The Kier molecular flexibility index (Phi) is 14.0. The monoisotopic (exact) mass is 509 g/mol. The quantitative estimate of drug-likeness (QED) is 0.196. The first-order valence-corrected chi connectivity index (χ1v) is 10.5. The molecular weight excluding hydrogens is 509 g/mol. The van der Waals surface area contributed by atoms with Crippen LogP contribution in [0.25, 0.3) is 13.5 Å². The Hall–Kier alpha value is 1.12. The summed E-state index contributed by atoms with van der Waals surface area (Å²) >= 11 is 0. The predicted octanol–water partition coefficient (Wildman–Crippen LogP) is -6.22. The minimum absolute atomic E-state index is 0. The van der Waals surface area contributed by atoms with E-state index in [0.717, 1.165) is 13.5 Å². The summed E-state index contributed by atoms with van der Waals surface area (Å²) in [5, 5.41) is 0. The largest absolute Gasteiger partial charge is 1.00 e. The van der Waals surface area contributed by atoms with Crippen molar-refractivity contribution in [2.24, 2.45) is 0 Å². The Morgan fingerprint density at radius 3 is 0.724 bits per heavy atom. The zero-order chi connectivity index (χ0) is 21.6. The van der Waals surface area contributed by atoms with E-state index in [1.165, 1.54) is 0 Å². The molecule has 0 amide bonds. The van der Waals surface area contributed by atoms with Crippen LogP contribution in [-0.4, -0.2) is 41.8 Å². The molecule has 0 heterocycles. The van der Waals surface area contributed by atoms with Gasteiger partial charge in [0.05, 0.1) is 0 Å². The van der Waals surface area contributed by atoms with Gasteiger partial charge in [0.15, 0.2) is 30.1 Å². The van der Waals surface area contributed by atoms with Gasteiger partial charge < -0.3 is 18.0 Å². The molecule has 0 spiro atoms. The fourth-order valence-corrected chi connectivity index (χ4v) is 6.24. The van der Waals surface area contributed by atoms with Crippen LogP contribution in [-0.2, 0) is 34.6 Å². The summed E-state index contributed by atoms with van der Waals surface area (Å²) in [5.74, 6) is 0. The Morgan fingerprint density at radius 1 is 0.483 bits per heavy atom. The van der Waals surface area contributed by atoms with E-state index in [9.17, 15) is 69.3 Å². The molecule has 0 saturated heterocycles. The molecule has 26 heteroatoms. The van der Waals surface area contributed by atoms with Crippen LogP contribution in [0.3, 0.4) is 0 Å². The minimum Gasteiger partial charge on any atom is -0.515 e. The molecule has 0 aliphatic rings. The fraction of sp³-hybridized carbons (Fsp3) is 1.00. The third-order valence-corrected chi connectivity index (χ3v) is 8.41. The summed E-state index contributed by atoms with van der Waals surface area (Å²) in [6, 6.07) is 0. The maximum atomic E-state index is 12.1. The molecule has 0 rings (SSSR count). The van der Waals surface area contributed by atoms with Gasteiger partial charge in [-0.05, 0) is 0 Å². The SMILES string of the molecule is O=P([N-]S(=O)(=O)C(F)(F)F)([N-]S(=O)(=O)C(F)(F)F)[N-]S(=O)(=O)C(F)(F)F.[Li+].[Li+].[Li+]. The van der Waals surface area contributed by atoms with E-state index >= 15 is 0 Å². The molecule has 0 unspecified atom stereocenters. The molecule has 0 aromatic rings. The van der Waals surface area contributed by atoms with Crippen molar-refractivity contribution in [1.29, 1.82) is 0 Å². The molecule has 0 aliphatic carbocycles. The van der Waals surface area contributed by atoms with Crippen molar-refractivity contribution in [3.8, 4) is 0 Å². The molecule has 0 aromatic carbocycles. The number of halogens is 9. The number of alkyl halides is 9. The maximum absolute atomic E-state index is 12.1. The summed E-state index contributed by atoms with van der Waals surface area (Å²) < 4.78 is 186. The van der Waals surface area contributed by atoms with Gasteiger partial charge in [-0.25, -0.2) is 25.3 Å². The van der Waals surface area contributed by atoms with Crippen molar-refractivity contribution in [3.63, 3.8) is 0 Å². The van der Waals surface area contributed by atoms with Gasteiger partial charge in [0.25, 0.3) is 0 Å². The summed E-state index contributed by atoms with van der Waals surface area (Å²) in [7, 11) is -29.3. The summed E-state index contributed by atoms with van der Waals surface area (Å²) in [6.45, 7) is 0. The molecule has 0 saturated carbocycles. The Bertz CT molecular complexity index is 792. The van der Waals surface area contributed by atoms with E-state index in [2.05, 4.69) is 0 Å². The van der Waals surface area contributed by atoms with Crippen molar-refractivity contribution in [2.75, 3.05) is 0 Å². The first-order valence-electron chi connectivity index (χ1n) is 4.64. The topological polar surface area (TPSA) is 162 Å². The van der Waals surface area contributed by atoms with Crippen LogP contribution in [0.4, 0.5) is 39.5 Å². The van der Waals surface area contributed by atoms with Crippen molar-refractivity contribution in [2.45, 2.75) is 16.5 Å². The smallest absolute Gasteiger partial charge is 0.515 e. The molecule has 10 nitrogen and oxygen atoms in total. The van der Waals surface area contributed by atoms with Crippen LogP contribution >= 0.6 is 7.59 Å². The first kappa shape index (κ1) is 37.4. The normalized spacial score (nSPS) is 14.2. The number of nitrogens with zero attached hydrogens (tertiary/aromatic N) is 3. The maximum Gasteiger partial charge on any atom is 1.00 e. The summed E-state index contributed by atoms with van der Waals surface area (Å²) in [4.78, 5) is 0. The van der Waals surface area contributed by atoms with Crippen LogP contribution in [0.1, 0.15) is 0 Å². The summed E-state index contributed by atoms with van der Waals surface area (Å²) in [6.07, 6.45) is 0. The molecule has 158 valence electrons. The third-order valence-electron chi connectivity index (χ3n) is 1.52. The van der Waals surface area contributed by atoms with Crippen molar-refractivity contribution in [1.82, 2.24) is 0 Å². The Morgan fingerprint density at radius 2 is 0.621 bits per heavy atom. The predicted molar refractivity (Wildman–Crippen MR) is 62.6 cm³/mol. The molecular formula is C3F9Li3N3O7PS3. The van der Waals surface area contributed by atoms with Crippen LogP contribution in [0.15, 0.2) is 0 Å². The second kappa shape index (κ2) is 10.8. The third kappa shape index (κ3) is 10.1. The second-order valence-corrected chi connectivity index (χ2v) is 10.7. The zero-order valence-corrected chi connectivity index (χ0v) is 17.1. The van der Waals surface area contributed by atoms with E-state index in [0.29, 0.717) is 0 Å². The van der Waals surface area contributed by atoms with Crippen molar-refractivity contribution in [3.05, 3.63) is 13.5 Å². The van der Waals surface area contributed by atoms with Gasteiger partial charge in [-0.2, -0.15) is 47.1 Å². The number of rotatable bonds is 6. The molecule has 29 heavy (non-hydrogen) atoms. The van der Waals surface area contributed by atoms with Gasteiger partial charge in [-0.15, -0.1) is 0 Å². The molecule has 0 aliphatic heterocycles. The Balaban J connectivity index is -0.00000104.